The topological polar surface area (TPSA) is 53.0 Å². The monoisotopic (exact) mass is 376 g/mol. The van der Waals surface area contributed by atoms with Crippen molar-refractivity contribution in [3.63, 3.8) is 0 Å². The van der Waals surface area contributed by atoms with Crippen LogP contribution in [0.15, 0.2) is 18.2 Å². The molecule has 1 aliphatic heterocycles. The van der Waals surface area contributed by atoms with Gasteiger partial charge >= 0.3 is 12.6 Å². The lowest BCUT2D eigenvalue weighted by atomic mass is 10.1. The Kier molecular flexibility index (Phi) is 7.40. The van der Waals surface area contributed by atoms with Crippen LogP contribution in [0.3, 0.4) is 0 Å². The molecule has 1 aromatic rings. The summed E-state index contributed by atoms with van der Waals surface area (Å²) in [6.07, 6.45) is 2.66. The molecule has 2 rings (SSSR count). The SMILES string of the molecule is CN(CC(=O)O)C1CCCN(Cc2cc(Cl)ccc2OC(F)F)CC1. The molecule has 1 saturated heterocycles. The van der Waals surface area contributed by atoms with Crippen molar-refractivity contribution in [1.29, 1.82) is 0 Å². The lowest BCUT2D eigenvalue weighted by Gasteiger charge is -2.26. The van der Waals surface area contributed by atoms with Crippen LogP contribution in [0.2, 0.25) is 5.02 Å². The Morgan fingerprint density at radius 3 is 2.88 bits per heavy atom. The molecule has 1 heterocycles. The van der Waals surface area contributed by atoms with Crippen molar-refractivity contribution in [2.75, 3.05) is 26.7 Å². The number of benzene rings is 1. The van der Waals surface area contributed by atoms with E-state index in [1.54, 1.807) is 6.07 Å². The molecule has 0 radical (unpaired) electrons. The van der Waals surface area contributed by atoms with Crippen LogP contribution in [0.25, 0.3) is 0 Å². The normalized spacial score (nSPS) is 19.2. The summed E-state index contributed by atoms with van der Waals surface area (Å²) < 4.78 is 29.7. The van der Waals surface area contributed by atoms with Crippen molar-refractivity contribution in [2.45, 2.75) is 38.5 Å². The Hall–Kier alpha value is -1.44. The Bertz CT molecular complexity index is 589. The van der Waals surface area contributed by atoms with Gasteiger partial charge in [-0.25, -0.2) is 0 Å². The van der Waals surface area contributed by atoms with E-state index in [1.807, 2.05) is 11.9 Å². The second-order valence-corrected chi connectivity index (χ2v) is 6.74. The van der Waals surface area contributed by atoms with Crippen LogP contribution in [0.5, 0.6) is 5.75 Å². The summed E-state index contributed by atoms with van der Waals surface area (Å²) in [4.78, 5) is 14.9. The molecule has 0 amide bonds. The third-order valence-electron chi connectivity index (χ3n) is 4.43. The molecule has 1 fully saturated rings. The van der Waals surface area contributed by atoms with E-state index in [1.165, 1.54) is 12.1 Å². The van der Waals surface area contributed by atoms with E-state index in [0.29, 0.717) is 17.1 Å². The Labute approximate surface area is 151 Å². The zero-order chi connectivity index (χ0) is 18.4. The second kappa shape index (κ2) is 9.31. The van der Waals surface area contributed by atoms with Crippen LogP contribution in [0, 0.1) is 0 Å². The standard InChI is InChI=1S/C17H23ClF2N2O3/c1-21(11-16(23)24)14-3-2-7-22(8-6-14)10-12-9-13(18)4-5-15(12)25-17(19)20/h4-5,9,14,17H,2-3,6-8,10-11H2,1H3,(H,23,24). The number of carboxylic acid groups (broad SMARTS) is 1. The number of hydrogen-bond donors (Lipinski definition) is 1. The fraction of sp³-hybridized carbons (Fsp3) is 0.588. The first-order valence-electron chi connectivity index (χ1n) is 8.22. The van der Waals surface area contributed by atoms with Gasteiger partial charge < -0.3 is 9.84 Å². The van der Waals surface area contributed by atoms with E-state index in [-0.39, 0.29) is 18.3 Å². The second-order valence-electron chi connectivity index (χ2n) is 6.30. The van der Waals surface area contributed by atoms with Gasteiger partial charge in [0.25, 0.3) is 0 Å². The predicted molar refractivity (Wildman–Crippen MR) is 91.3 cm³/mol. The first kappa shape index (κ1) is 19.9. The van der Waals surface area contributed by atoms with Crippen molar-refractivity contribution in [3.8, 4) is 5.75 Å². The smallest absolute Gasteiger partial charge is 0.387 e. The summed E-state index contributed by atoms with van der Waals surface area (Å²) in [6.45, 7) is -0.811. The van der Waals surface area contributed by atoms with Crippen LogP contribution >= 0.6 is 11.6 Å². The molecule has 0 aliphatic carbocycles. The Balaban J connectivity index is 1.99. The van der Waals surface area contributed by atoms with Crippen LogP contribution in [0.4, 0.5) is 8.78 Å². The molecule has 8 heteroatoms. The number of ether oxygens (including phenoxy) is 1. The summed E-state index contributed by atoms with van der Waals surface area (Å²) in [5.41, 5.74) is 0.630. The molecule has 1 N–H and O–H groups in total. The van der Waals surface area contributed by atoms with Crippen molar-refractivity contribution >= 4 is 17.6 Å². The van der Waals surface area contributed by atoms with Gasteiger partial charge in [0.15, 0.2) is 0 Å². The maximum Gasteiger partial charge on any atom is 0.387 e. The lowest BCUT2D eigenvalue weighted by molar-refractivity contribution is -0.138. The van der Waals surface area contributed by atoms with Gasteiger partial charge in [0, 0.05) is 23.2 Å². The molecule has 25 heavy (non-hydrogen) atoms. The quantitative estimate of drug-likeness (QED) is 0.791. The van der Waals surface area contributed by atoms with Gasteiger partial charge in [0.05, 0.1) is 6.54 Å². The van der Waals surface area contributed by atoms with Crippen molar-refractivity contribution in [2.24, 2.45) is 0 Å². The number of carbonyl (C=O) groups is 1. The highest BCUT2D eigenvalue weighted by Crippen LogP contribution is 2.27. The Morgan fingerprint density at radius 2 is 2.20 bits per heavy atom. The molecular weight excluding hydrogens is 354 g/mol. The number of nitrogens with zero attached hydrogens (tertiary/aromatic N) is 2. The molecule has 1 unspecified atom stereocenters. The number of alkyl halides is 2. The molecule has 1 atom stereocenters. The summed E-state index contributed by atoms with van der Waals surface area (Å²) in [7, 11) is 1.82. The average molecular weight is 377 g/mol. The molecule has 0 bridgehead atoms. The first-order valence-corrected chi connectivity index (χ1v) is 8.60. The summed E-state index contributed by atoms with van der Waals surface area (Å²) in [6, 6.07) is 4.85. The van der Waals surface area contributed by atoms with Gasteiger partial charge in [-0.15, -0.1) is 0 Å². The number of hydrogen-bond acceptors (Lipinski definition) is 4. The number of carboxylic acids is 1. The fourth-order valence-electron chi connectivity index (χ4n) is 3.20. The maximum atomic E-state index is 12.6. The minimum atomic E-state index is -2.88. The summed E-state index contributed by atoms with van der Waals surface area (Å²) in [5, 5.41) is 9.40. The van der Waals surface area contributed by atoms with Gasteiger partial charge in [-0.1, -0.05) is 11.6 Å². The highest BCUT2D eigenvalue weighted by Gasteiger charge is 2.22. The lowest BCUT2D eigenvalue weighted by Crippen LogP contribution is -2.36. The minimum absolute atomic E-state index is 0.0192. The zero-order valence-corrected chi connectivity index (χ0v) is 14.9. The van der Waals surface area contributed by atoms with Gasteiger partial charge in [-0.05, 0) is 57.6 Å². The molecule has 0 aromatic heterocycles. The summed E-state index contributed by atoms with van der Waals surface area (Å²) in [5.74, 6) is -0.695. The first-order chi connectivity index (χ1) is 11.8. The number of halogens is 3. The minimum Gasteiger partial charge on any atom is -0.480 e. The van der Waals surface area contributed by atoms with Crippen LogP contribution in [-0.4, -0.2) is 60.2 Å². The van der Waals surface area contributed by atoms with E-state index in [4.69, 9.17) is 16.7 Å². The fourth-order valence-corrected chi connectivity index (χ4v) is 3.40. The largest absolute Gasteiger partial charge is 0.480 e. The van der Waals surface area contributed by atoms with E-state index in [0.717, 1.165) is 32.4 Å². The molecule has 0 spiro atoms. The predicted octanol–water partition coefficient (Wildman–Crippen LogP) is 3.31. The van der Waals surface area contributed by atoms with Crippen LogP contribution < -0.4 is 4.74 Å². The highest BCUT2D eigenvalue weighted by atomic mass is 35.5. The van der Waals surface area contributed by atoms with Crippen molar-refractivity contribution in [3.05, 3.63) is 28.8 Å². The molecule has 1 aliphatic rings. The van der Waals surface area contributed by atoms with Crippen molar-refractivity contribution in [1.82, 2.24) is 9.80 Å². The van der Waals surface area contributed by atoms with Gasteiger partial charge in [0.1, 0.15) is 5.75 Å². The highest BCUT2D eigenvalue weighted by molar-refractivity contribution is 6.30. The van der Waals surface area contributed by atoms with Crippen molar-refractivity contribution < 1.29 is 23.4 Å². The van der Waals surface area contributed by atoms with Crippen LogP contribution in [0.1, 0.15) is 24.8 Å². The van der Waals surface area contributed by atoms with Gasteiger partial charge in [-0.3, -0.25) is 14.6 Å². The van der Waals surface area contributed by atoms with E-state index in [9.17, 15) is 13.6 Å². The molecular formula is C17H23ClF2N2O3. The number of rotatable bonds is 7. The third-order valence-corrected chi connectivity index (χ3v) is 4.67. The molecule has 5 nitrogen and oxygen atoms in total. The van der Waals surface area contributed by atoms with Crippen LogP contribution in [-0.2, 0) is 11.3 Å². The molecule has 0 saturated carbocycles. The number of aliphatic carboxylic acids is 1. The number of likely N-dealkylation sites (tertiary alicyclic amines) is 1. The maximum absolute atomic E-state index is 12.6. The van der Waals surface area contributed by atoms with Gasteiger partial charge in [0.2, 0.25) is 0 Å². The average Bonchev–Trinajstić information content (AvgIpc) is 2.74. The van der Waals surface area contributed by atoms with E-state index >= 15 is 0 Å². The third kappa shape index (κ3) is 6.41. The summed E-state index contributed by atoms with van der Waals surface area (Å²) >= 11 is 5.99. The zero-order valence-electron chi connectivity index (χ0n) is 14.1. The number of likely N-dealkylation sites (N-methyl/N-ethyl adjacent to an activating group) is 1. The van der Waals surface area contributed by atoms with E-state index in [2.05, 4.69) is 9.64 Å². The van der Waals surface area contributed by atoms with Gasteiger partial charge in [-0.2, -0.15) is 8.78 Å². The molecule has 140 valence electrons. The molecule has 1 aromatic carbocycles. The van der Waals surface area contributed by atoms with E-state index < -0.39 is 12.6 Å². The Morgan fingerprint density at radius 1 is 1.44 bits per heavy atom.